The van der Waals surface area contributed by atoms with Crippen molar-refractivity contribution in [2.75, 3.05) is 13.2 Å². The van der Waals surface area contributed by atoms with Crippen molar-refractivity contribution >= 4 is 11.3 Å². The summed E-state index contributed by atoms with van der Waals surface area (Å²) in [5, 5.41) is 10.9. The van der Waals surface area contributed by atoms with Crippen LogP contribution in [0.3, 0.4) is 0 Å². The molecule has 1 fully saturated rings. The first-order valence-corrected chi connectivity index (χ1v) is 5.27. The molecule has 2 rings (SSSR count). The number of aliphatic hydroxyl groups excluding tert-OH is 1. The molecular weight excluding hydrogens is 186 g/mol. The fourth-order valence-electron chi connectivity index (χ4n) is 1.55. The van der Waals surface area contributed by atoms with E-state index < -0.39 is 0 Å². The van der Waals surface area contributed by atoms with Crippen molar-refractivity contribution in [3.8, 4) is 0 Å². The number of aliphatic hydroxyl groups is 1. The molecule has 1 aliphatic heterocycles. The third-order valence-corrected chi connectivity index (χ3v) is 3.33. The fraction of sp³-hybridized carbons (Fsp3) is 0.667. The molecule has 2 atom stereocenters. The van der Waals surface area contributed by atoms with Crippen LogP contribution in [-0.2, 0) is 4.74 Å². The summed E-state index contributed by atoms with van der Waals surface area (Å²) in [5.41, 5.74) is 0. The highest BCUT2D eigenvalue weighted by Gasteiger charge is 2.26. The number of ether oxygens (including phenoxy) is 1. The van der Waals surface area contributed by atoms with Gasteiger partial charge in [0.1, 0.15) is 0 Å². The maximum Gasteiger partial charge on any atom is 0.0948 e. The van der Waals surface area contributed by atoms with Crippen LogP contribution < -0.4 is 0 Å². The lowest BCUT2D eigenvalue weighted by Gasteiger charge is -2.13. The Hall–Kier alpha value is -0.450. The predicted molar refractivity (Wildman–Crippen MR) is 50.7 cm³/mol. The highest BCUT2D eigenvalue weighted by molar-refractivity contribution is 7.11. The van der Waals surface area contributed by atoms with E-state index in [1.807, 2.05) is 6.92 Å². The molecule has 0 aliphatic carbocycles. The Morgan fingerprint density at radius 2 is 2.62 bits per heavy atom. The SMILES string of the molecule is Cc1ncc(C(O)C2CCOC2)s1. The molecule has 2 unspecified atom stereocenters. The van der Waals surface area contributed by atoms with Gasteiger partial charge in [-0.1, -0.05) is 0 Å². The van der Waals surface area contributed by atoms with E-state index in [9.17, 15) is 5.11 Å². The Balaban J connectivity index is 2.07. The van der Waals surface area contributed by atoms with Crippen LogP contribution in [0, 0.1) is 12.8 Å². The molecule has 2 heterocycles. The third kappa shape index (κ3) is 1.90. The molecule has 4 heteroatoms. The van der Waals surface area contributed by atoms with Crippen LogP contribution in [0.5, 0.6) is 0 Å². The molecule has 72 valence electrons. The second-order valence-electron chi connectivity index (χ2n) is 3.35. The van der Waals surface area contributed by atoms with E-state index in [-0.39, 0.29) is 12.0 Å². The quantitative estimate of drug-likeness (QED) is 0.785. The summed E-state index contributed by atoms with van der Waals surface area (Å²) in [6.07, 6.45) is 2.34. The number of nitrogens with zero attached hydrogens (tertiary/aromatic N) is 1. The largest absolute Gasteiger partial charge is 0.387 e. The number of aryl methyl sites for hydroxylation is 1. The van der Waals surface area contributed by atoms with Crippen molar-refractivity contribution in [2.45, 2.75) is 19.4 Å². The van der Waals surface area contributed by atoms with Gasteiger partial charge in [0.05, 0.1) is 22.6 Å². The molecule has 0 aromatic carbocycles. The van der Waals surface area contributed by atoms with Gasteiger partial charge in [0.2, 0.25) is 0 Å². The Kier molecular flexibility index (Phi) is 2.62. The van der Waals surface area contributed by atoms with Crippen molar-refractivity contribution in [3.05, 3.63) is 16.1 Å². The van der Waals surface area contributed by atoms with Gasteiger partial charge in [-0.3, -0.25) is 0 Å². The lowest BCUT2D eigenvalue weighted by atomic mass is 10.0. The van der Waals surface area contributed by atoms with Crippen LogP contribution in [0.2, 0.25) is 0 Å². The molecule has 3 nitrogen and oxygen atoms in total. The molecule has 0 radical (unpaired) electrons. The van der Waals surface area contributed by atoms with E-state index in [4.69, 9.17) is 4.74 Å². The van der Waals surface area contributed by atoms with E-state index in [0.29, 0.717) is 6.61 Å². The second-order valence-corrected chi connectivity index (χ2v) is 4.62. The van der Waals surface area contributed by atoms with E-state index in [0.717, 1.165) is 22.9 Å². The Morgan fingerprint density at radius 1 is 1.77 bits per heavy atom. The minimum atomic E-state index is -0.381. The minimum absolute atomic E-state index is 0.264. The lowest BCUT2D eigenvalue weighted by Crippen LogP contribution is -2.10. The van der Waals surface area contributed by atoms with Crippen molar-refractivity contribution < 1.29 is 9.84 Å². The molecule has 0 saturated carbocycles. The highest BCUT2D eigenvalue weighted by Crippen LogP contribution is 2.31. The molecule has 0 spiro atoms. The topological polar surface area (TPSA) is 42.4 Å². The third-order valence-electron chi connectivity index (χ3n) is 2.34. The monoisotopic (exact) mass is 199 g/mol. The van der Waals surface area contributed by atoms with Gasteiger partial charge in [0.25, 0.3) is 0 Å². The van der Waals surface area contributed by atoms with E-state index in [1.165, 1.54) is 0 Å². The smallest absolute Gasteiger partial charge is 0.0948 e. The summed E-state index contributed by atoms with van der Waals surface area (Å²) in [7, 11) is 0. The molecule has 13 heavy (non-hydrogen) atoms. The summed E-state index contributed by atoms with van der Waals surface area (Å²) in [6, 6.07) is 0. The molecule has 1 aromatic heterocycles. The molecule has 0 bridgehead atoms. The zero-order valence-corrected chi connectivity index (χ0v) is 8.38. The van der Waals surface area contributed by atoms with E-state index in [2.05, 4.69) is 4.98 Å². The Morgan fingerprint density at radius 3 is 3.15 bits per heavy atom. The molecule has 0 amide bonds. The number of rotatable bonds is 2. The van der Waals surface area contributed by atoms with Crippen molar-refractivity contribution in [3.63, 3.8) is 0 Å². The maximum absolute atomic E-state index is 9.92. The van der Waals surface area contributed by atoms with Gasteiger partial charge in [-0.05, 0) is 13.3 Å². The first-order valence-electron chi connectivity index (χ1n) is 4.45. The fourth-order valence-corrected chi connectivity index (χ4v) is 2.41. The van der Waals surface area contributed by atoms with Crippen LogP contribution in [0.15, 0.2) is 6.20 Å². The summed E-state index contributed by atoms with van der Waals surface area (Å²) in [5.74, 6) is 0.264. The Bertz CT molecular complexity index is 281. The predicted octanol–water partition coefficient (Wildman–Crippen LogP) is 1.52. The standard InChI is InChI=1S/C9H13NO2S/c1-6-10-4-8(13-6)9(11)7-2-3-12-5-7/h4,7,9,11H,2-3,5H2,1H3. The van der Waals surface area contributed by atoms with E-state index >= 15 is 0 Å². The number of aromatic nitrogens is 1. The maximum atomic E-state index is 9.92. The summed E-state index contributed by atoms with van der Waals surface area (Å²) in [4.78, 5) is 5.09. The average Bonchev–Trinajstić information content (AvgIpc) is 2.72. The lowest BCUT2D eigenvalue weighted by molar-refractivity contribution is 0.0943. The van der Waals surface area contributed by atoms with Gasteiger partial charge in [-0.15, -0.1) is 11.3 Å². The average molecular weight is 199 g/mol. The van der Waals surface area contributed by atoms with Gasteiger partial charge in [0.15, 0.2) is 0 Å². The zero-order chi connectivity index (χ0) is 9.26. The Labute approximate surface area is 81.4 Å². The first kappa shape index (κ1) is 9.12. The van der Waals surface area contributed by atoms with Crippen LogP contribution in [0.25, 0.3) is 0 Å². The number of hydrogen-bond donors (Lipinski definition) is 1. The van der Waals surface area contributed by atoms with Gasteiger partial charge in [-0.25, -0.2) is 4.98 Å². The van der Waals surface area contributed by atoms with Crippen molar-refractivity contribution in [2.24, 2.45) is 5.92 Å². The summed E-state index contributed by atoms with van der Waals surface area (Å²) >= 11 is 1.57. The molecule has 1 saturated heterocycles. The van der Waals surface area contributed by atoms with Gasteiger partial charge < -0.3 is 9.84 Å². The van der Waals surface area contributed by atoms with Gasteiger partial charge in [-0.2, -0.15) is 0 Å². The van der Waals surface area contributed by atoms with Crippen LogP contribution in [-0.4, -0.2) is 23.3 Å². The van der Waals surface area contributed by atoms with Crippen molar-refractivity contribution in [1.29, 1.82) is 0 Å². The second kappa shape index (κ2) is 3.74. The summed E-state index contributed by atoms with van der Waals surface area (Å²) in [6.45, 7) is 3.41. The molecule has 1 N–H and O–H groups in total. The van der Waals surface area contributed by atoms with E-state index in [1.54, 1.807) is 17.5 Å². The van der Waals surface area contributed by atoms with Crippen LogP contribution in [0.4, 0.5) is 0 Å². The van der Waals surface area contributed by atoms with Gasteiger partial charge in [0, 0.05) is 18.7 Å². The van der Waals surface area contributed by atoms with Crippen LogP contribution >= 0.6 is 11.3 Å². The highest BCUT2D eigenvalue weighted by atomic mass is 32.1. The van der Waals surface area contributed by atoms with Crippen molar-refractivity contribution in [1.82, 2.24) is 4.98 Å². The summed E-state index contributed by atoms with van der Waals surface area (Å²) < 4.78 is 5.23. The zero-order valence-electron chi connectivity index (χ0n) is 7.56. The minimum Gasteiger partial charge on any atom is -0.387 e. The number of hydrogen-bond acceptors (Lipinski definition) is 4. The van der Waals surface area contributed by atoms with Crippen LogP contribution in [0.1, 0.15) is 22.4 Å². The normalized spacial score (nSPS) is 24.9. The number of thiazole rings is 1. The molecular formula is C9H13NO2S. The first-order chi connectivity index (χ1) is 6.27. The molecule has 1 aliphatic rings. The molecule has 1 aromatic rings. The van der Waals surface area contributed by atoms with Gasteiger partial charge >= 0.3 is 0 Å².